The Morgan fingerprint density at radius 3 is 2.48 bits per heavy atom. The molecule has 31 heavy (non-hydrogen) atoms. The molecule has 0 amide bonds. The van der Waals surface area contributed by atoms with Crippen molar-refractivity contribution in [3.05, 3.63) is 47.1 Å². The number of ketones is 1. The van der Waals surface area contributed by atoms with Crippen LogP contribution in [0, 0.1) is 11.3 Å². The largest absolute Gasteiger partial charge is 0.455 e. The molecule has 1 aliphatic rings. The van der Waals surface area contributed by atoms with Gasteiger partial charge in [-0.25, -0.2) is 4.79 Å². The van der Waals surface area contributed by atoms with Crippen molar-refractivity contribution in [2.45, 2.75) is 79.4 Å². The normalized spacial score (nSPS) is 29.7. The van der Waals surface area contributed by atoms with Gasteiger partial charge in [0.05, 0.1) is 12.7 Å². The second kappa shape index (κ2) is 12.8. The summed E-state index contributed by atoms with van der Waals surface area (Å²) in [6.07, 6.45) is 11.1. The fourth-order valence-electron chi connectivity index (χ4n) is 3.63. The zero-order valence-electron chi connectivity index (χ0n) is 20.2. The number of hydrogen-bond acceptors (Lipinski definition) is 5. The first-order valence-corrected chi connectivity index (χ1v) is 11.1. The molecule has 174 valence electrons. The number of carbonyl (C=O) groups is 2. The first-order chi connectivity index (χ1) is 14.5. The van der Waals surface area contributed by atoms with Gasteiger partial charge < -0.3 is 14.6 Å². The van der Waals surface area contributed by atoms with Crippen LogP contribution in [0.3, 0.4) is 0 Å². The van der Waals surface area contributed by atoms with E-state index in [2.05, 4.69) is 32.9 Å². The Morgan fingerprint density at radius 2 is 1.94 bits per heavy atom. The maximum absolute atomic E-state index is 12.8. The van der Waals surface area contributed by atoms with Gasteiger partial charge in [-0.1, -0.05) is 43.2 Å². The highest BCUT2D eigenvalue weighted by Gasteiger charge is 2.31. The number of allylic oxidation sites excluding steroid dienone is 5. The van der Waals surface area contributed by atoms with E-state index in [0.29, 0.717) is 12.0 Å². The van der Waals surface area contributed by atoms with Crippen LogP contribution < -0.4 is 0 Å². The molecule has 0 aromatic carbocycles. The first-order valence-electron chi connectivity index (χ1n) is 11.1. The van der Waals surface area contributed by atoms with Crippen molar-refractivity contribution in [3.8, 4) is 0 Å². The molecule has 0 saturated heterocycles. The minimum atomic E-state index is -0.528. The number of carbonyl (C=O) groups excluding carboxylic acids is 2. The van der Waals surface area contributed by atoms with Gasteiger partial charge in [-0.2, -0.15) is 0 Å². The van der Waals surface area contributed by atoms with Crippen LogP contribution in [0.2, 0.25) is 0 Å². The van der Waals surface area contributed by atoms with Crippen LogP contribution in [0.5, 0.6) is 0 Å². The van der Waals surface area contributed by atoms with E-state index < -0.39 is 18.2 Å². The van der Waals surface area contributed by atoms with Crippen LogP contribution >= 0.6 is 0 Å². The Balaban J connectivity index is 3.35. The Hall–Kier alpha value is -1.98. The maximum Gasteiger partial charge on any atom is 0.331 e. The molecule has 0 spiro atoms. The third-order valence-electron chi connectivity index (χ3n) is 5.75. The average molecular weight is 433 g/mol. The van der Waals surface area contributed by atoms with E-state index in [0.717, 1.165) is 18.4 Å². The van der Waals surface area contributed by atoms with Crippen LogP contribution in [0.1, 0.15) is 67.2 Å². The van der Waals surface area contributed by atoms with Crippen molar-refractivity contribution < 1.29 is 24.2 Å². The smallest absolute Gasteiger partial charge is 0.331 e. The Kier molecular flexibility index (Phi) is 11.1. The number of aliphatic hydroxyl groups is 1. The summed E-state index contributed by atoms with van der Waals surface area (Å²) in [7, 11) is 1.55. The van der Waals surface area contributed by atoms with Crippen LogP contribution in [0.4, 0.5) is 0 Å². The van der Waals surface area contributed by atoms with Crippen LogP contribution in [-0.4, -0.2) is 42.8 Å². The van der Waals surface area contributed by atoms with Crippen molar-refractivity contribution in [3.63, 3.8) is 0 Å². The fourth-order valence-corrected chi connectivity index (χ4v) is 3.63. The molecule has 1 aliphatic carbocycles. The summed E-state index contributed by atoms with van der Waals surface area (Å²) in [5.74, 6) is -0.776. The van der Waals surface area contributed by atoms with Crippen molar-refractivity contribution in [1.29, 1.82) is 0 Å². The van der Waals surface area contributed by atoms with Crippen molar-refractivity contribution in [2.24, 2.45) is 11.3 Å². The number of ether oxygens (including phenoxy) is 2. The van der Waals surface area contributed by atoms with E-state index >= 15 is 0 Å². The minimum absolute atomic E-state index is 0.128. The second-order valence-electron chi connectivity index (χ2n) is 9.31. The lowest BCUT2D eigenvalue weighted by molar-refractivity contribution is -0.145. The number of hydrogen-bond donors (Lipinski definition) is 1. The summed E-state index contributed by atoms with van der Waals surface area (Å²) in [6.45, 7) is 11.6. The first kappa shape index (κ1) is 27.1. The maximum atomic E-state index is 12.8. The summed E-state index contributed by atoms with van der Waals surface area (Å²) in [5.41, 5.74) is 2.28. The number of methoxy groups -OCH3 is 1. The Morgan fingerprint density at radius 1 is 1.26 bits per heavy atom. The molecule has 0 aromatic heterocycles. The molecule has 0 fully saturated rings. The van der Waals surface area contributed by atoms with Gasteiger partial charge in [0.15, 0.2) is 5.78 Å². The molecule has 1 N–H and O–H groups in total. The molecule has 1 rings (SSSR count). The summed E-state index contributed by atoms with van der Waals surface area (Å²) in [4.78, 5) is 25.2. The monoisotopic (exact) mass is 432 g/mol. The van der Waals surface area contributed by atoms with Crippen molar-refractivity contribution in [2.75, 3.05) is 13.7 Å². The molecule has 4 atom stereocenters. The average Bonchev–Trinajstić information content (AvgIpc) is 2.69. The summed E-state index contributed by atoms with van der Waals surface area (Å²) in [5, 5.41) is 9.78. The lowest BCUT2D eigenvalue weighted by Gasteiger charge is -2.29. The highest BCUT2D eigenvalue weighted by atomic mass is 16.5. The lowest BCUT2D eigenvalue weighted by Crippen LogP contribution is -2.35. The van der Waals surface area contributed by atoms with Gasteiger partial charge in [0, 0.05) is 31.1 Å². The minimum Gasteiger partial charge on any atom is -0.455 e. The molecular weight excluding hydrogens is 392 g/mol. The zero-order chi connectivity index (χ0) is 23.6. The Bertz CT molecular complexity index is 735. The van der Waals surface area contributed by atoms with Crippen LogP contribution in [0.15, 0.2) is 47.1 Å². The SMILES string of the molecule is COC1CC(=O)/C(CO)=C\C[C@](C)(CCC=C(C)C)/C=C/[C@@H](OC(=O)C=C(C)C)[C@H]1C. The molecule has 0 heterocycles. The van der Waals surface area contributed by atoms with E-state index in [1.165, 1.54) is 11.6 Å². The zero-order valence-corrected chi connectivity index (χ0v) is 20.2. The van der Waals surface area contributed by atoms with Crippen LogP contribution in [0.25, 0.3) is 0 Å². The molecule has 0 saturated carbocycles. The number of rotatable bonds is 7. The van der Waals surface area contributed by atoms with Gasteiger partial charge in [-0.05, 0) is 58.4 Å². The number of esters is 1. The topological polar surface area (TPSA) is 72.8 Å². The molecule has 0 radical (unpaired) electrons. The van der Waals surface area contributed by atoms with Gasteiger partial charge in [0.1, 0.15) is 6.10 Å². The summed E-state index contributed by atoms with van der Waals surface area (Å²) < 4.78 is 11.4. The molecule has 1 unspecified atom stereocenters. The van der Waals surface area contributed by atoms with Crippen molar-refractivity contribution >= 4 is 11.8 Å². The molecule has 0 aromatic rings. The molecule has 0 aliphatic heterocycles. The highest BCUT2D eigenvalue weighted by Crippen LogP contribution is 2.33. The third kappa shape index (κ3) is 9.36. The van der Waals surface area contributed by atoms with Gasteiger partial charge >= 0.3 is 5.97 Å². The molecular formula is C26H40O5. The predicted molar refractivity (Wildman–Crippen MR) is 125 cm³/mol. The van der Waals surface area contributed by atoms with Gasteiger partial charge in [0.25, 0.3) is 0 Å². The molecule has 5 nitrogen and oxygen atoms in total. The van der Waals surface area contributed by atoms with E-state index in [1.54, 1.807) is 7.11 Å². The predicted octanol–water partition coefficient (Wildman–Crippen LogP) is 5.11. The standard InChI is InChI=1S/C26H40O5/c1-18(2)9-8-12-26(6)13-10-21(17-27)22(28)16-24(30-7)20(5)23(11-14-26)31-25(29)15-19(3)4/h9-11,14-15,20,23-24,27H,8,12-13,16-17H2,1-7H3/b14-11+,21-10-/t20-,23-,24?,26+/m1/s1. The lowest BCUT2D eigenvalue weighted by atomic mass is 9.80. The third-order valence-corrected chi connectivity index (χ3v) is 5.75. The van der Waals surface area contributed by atoms with Gasteiger partial charge in [0.2, 0.25) is 0 Å². The van der Waals surface area contributed by atoms with E-state index in [4.69, 9.17) is 9.47 Å². The fraction of sp³-hybridized carbons (Fsp3) is 0.615. The number of Topliss-reactive ketones (excluding diaryl/α,β-unsaturated/α-hetero) is 1. The summed E-state index contributed by atoms with van der Waals surface area (Å²) in [6, 6.07) is 0. The van der Waals surface area contributed by atoms with E-state index in [1.807, 2.05) is 32.9 Å². The molecule has 0 bridgehead atoms. The Labute approximate surface area is 187 Å². The van der Waals surface area contributed by atoms with Gasteiger partial charge in [-0.3, -0.25) is 4.79 Å². The van der Waals surface area contributed by atoms with E-state index in [9.17, 15) is 14.7 Å². The quantitative estimate of drug-likeness (QED) is 0.344. The number of aliphatic hydroxyl groups excluding tert-OH is 1. The van der Waals surface area contributed by atoms with Crippen LogP contribution in [-0.2, 0) is 19.1 Å². The van der Waals surface area contributed by atoms with E-state index in [-0.39, 0.29) is 30.1 Å². The molecule has 5 heteroatoms. The van der Waals surface area contributed by atoms with Gasteiger partial charge in [-0.15, -0.1) is 0 Å². The second-order valence-corrected chi connectivity index (χ2v) is 9.31. The highest BCUT2D eigenvalue weighted by molar-refractivity contribution is 5.95. The van der Waals surface area contributed by atoms with Crippen molar-refractivity contribution in [1.82, 2.24) is 0 Å². The summed E-state index contributed by atoms with van der Waals surface area (Å²) >= 11 is 0.